The normalized spacial score (nSPS) is 10.6. The Balaban J connectivity index is 2.02. The average Bonchev–Trinajstić information content (AvgIpc) is 2.79. The molecule has 0 amide bonds. The van der Waals surface area contributed by atoms with Gasteiger partial charge in [0.2, 0.25) is 17.5 Å². The van der Waals surface area contributed by atoms with Crippen LogP contribution in [-0.4, -0.2) is 33.2 Å². The van der Waals surface area contributed by atoms with Crippen LogP contribution in [0.1, 0.15) is 12.8 Å². The predicted molar refractivity (Wildman–Crippen MR) is 57.6 cm³/mol. The Morgan fingerprint density at radius 1 is 1.25 bits per heavy atom. The Kier molecular flexibility index (Phi) is 3.55. The van der Waals surface area contributed by atoms with E-state index in [9.17, 15) is 0 Å². The predicted octanol–water partition coefficient (Wildman–Crippen LogP) is 0.679. The second-order valence-corrected chi connectivity index (χ2v) is 3.19. The van der Waals surface area contributed by atoms with Crippen LogP contribution in [0.3, 0.4) is 0 Å². The number of hydrogen-bond donors (Lipinski definition) is 1. The van der Waals surface area contributed by atoms with Gasteiger partial charge in [-0.05, 0) is 12.6 Å². The summed E-state index contributed by atoms with van der Waals surface area (Å²) in [7, 11) is 0. The van der Waals surface area contributed by atoms with Crippen molar-refractivity contribution in [2.24, 2.45) is 0 Å². The SMILES string of the molecule is CCNCCc1nc(-c2ncccn2)no1. The molecule has 84 valence electrons. The van der Waals surface area contributed by atoms with Crippen molar-refractivity contribution in [1.29, 1.82) is 0 Å². The smallest absolute Gasteiger partial charge is 0.240 e. The maximum absolute atomic E-state index is 5.08. The Morgan fingerprint density at radius 3 is 2.81 bits per heavy atom. The molecule has 0 unspecified atom stereocenters. The first-order chi connectivity index (χ1) is 7.90. The zero-order valence-electron chi connectivity index (χ0n) is 9.05. The molecule has 2 aromatic rings. The molecule has 0 aliphatic heterocycles. The largest absolute Gasteiger partial charge is 0.339 e. The Hall–Kier alpha value is -1.82. The zero-order chi connectivity index (χ0) is 11.2. The highest BCUT2D eigenvalue weighted by Crippen LogP contribution is 2.08. The number of nitrogens with zero attached hydrogens (tertiary/aromatic N) is 4. The fourth-order valence-electron chi connectivity index (χ4n) is 1.23. The summed E-state index contributed by atoms with van der Waals surface area (Å²) < 4.78 is 5.08. The van der Waals surface area contributed by atoms with Crippen molar-refractivity contribution in [2.75, 3.05) is 13.1 Å². The first-order valence-corrected chi connectivity index (χ1v) is 5.21. The van der Waals surface area contributed by atoms with E-state index in [2.05, 4.69) is 32.3 Å². The maximum Gasteiger partial charge on any atom is 0.240 e. The van der Waals surface area contributed by atoms with Crippen LogP contribution in [0.4, 0.5) is 0 Å². The molecule has 1 N–H and O–H groups in total. The van der Waals surface area contributed by atoms with Crippen LogP contribution in [0.15, 0.2) is 23.0 Å². The fourth-order valence-corrected chi connectivity index (χ4v) is 1.23. The first kappa shape index (κ1) is 10.7. The number of rotatable bonds is 5. The topological polar surface area (TPSA) is 76.7 Å². The molecule has 2 aromatic heterocycles. The van der Waals surface area contributed by atoms with Crippen LogP contribution in [0.25, 0.3) is 11.6 Å². The summed E-state index contributed by atoms with van der Waals surface area (Å²) in [6, 6.07) is 1.75. The summed E-state index contributed by atoms with van der Waals surface area (Å²) in [6.45, 7) is 3.81. The number of nitrogens with one attached hydrogen (secondary N) is 1. The van der Waals surface area contributed by atoms with Crippen molar-refractivity contribution in [3.05, 3.63) is 24.4 Å². The molecule has 0 aromatic carbocycles. The molecule has 0 radical (unpaired) electrons. The molecule has 6 nitrogen and oxygen atoms in total. The highest BCUT2D eigenvalue weighted by molar-refractivity contribution is 5.40. The average molecular weight is 219 g/mol. The van der Waals surface area contributed by atoms with E-state index in [1.54, 1.807) is 18.5 Å². The van der Waals surface area contributed by atoms with Gasteiger partial charge < -0.3 is 9.84 Å². The molecule has 0 bridgehead atoms. The van der Waals surface area contributed by atoms with Gasteiger partial charge in [0, 0.05) is 25.4 Å². The van der Waals surface area contributed by atoms with Crippen molar-refractivity contribution in [3.63, 3.8) is 0 Å². The molecule has 0 saturated carbocycles. The molecule has 0 atom stereocenters. The highest BCUT2D eigenvalue weighted by Gasteiger charge is 2.09. The molecule has 2 rings (SSSR count). The standard InChI is InChI=1S/C10H13N5O/c1-2-11-7-4-8-14-10(15-16-8)9-12-5-3-6-13-9/h3,5-6,11H,2,4,7H2,1H3. The Morgan fingerprint density at radius 2 is 2.06 bits per heavy atom. The molecule has 0 saturated heterocycles. The summed E-state index contributed by atoms with van der Waals surface area (Å²) >= 11 is 0. The summed E-state index contributed by atoms with van der Waals surface area (Å²) in [6.07, 6.45) is 4.02. The Bertz CT molecular complexity index is 428. The quantitative estimate of drug-likeness (QED) is 0.745. The van der Waals surface area contributed by atoms with Crippen molar-refractivity contribution < 1.29 is 4.52 Å². The highest BCUT2D eigenvalue weighted by atomic mass is 16.5. The van der Waals surface area contributed by atoms with Crippen molar-refractivity contribution >= 4 is 0 Å². The molecular formula is C10H13N5O. The van der Waals surface area contributed by atoms with Gasteiger partial charge in [0.05, 0.1) is 0 Å². The Labute approximate surface area is 93.1 Å². The summed E-state index contributed by atoms with van der Waals surface area (Å²) in [5, 5.41) is 7.01. The lowest BCUT2D eigenvalue weighted by Gasteiger charge is -1.95. The minimum Gasteiger partial charge on any atom is -0.339 e. The van der Waals surface area contributed by atoms with Crippen molar-refractivity contribution in [1.82, 2.24) is 25.4 Å². The molecular weight excluding hydrogens is 206 g/mol. The molecule has 0 fully saturated rings. The molecule has 6 heteroatoms. The van der Waals surface area contributed by atoms with Gasteiger partial charge in [-0.2, -0.15) is 4.98 Å². The monoisotopic (exact) mass is 219 g/mol. The summed E-state index contributed by atoms with van der Waals surface area (Å²) in [4.78, 5) is 12.3. The third-order valence-corrected chi connectivity index (χ3v) is 2.00. The zero-order valence-corrected chi connectivity index (χ0v) is 9.05. The summed E-state index contributed by atoms with van der Waals surface area (Å²) in [5.41, 5.74) is 0. The number of hydrogen-bond acceptors (Lipinski definition) is 6. The minimum absolute atomic E-state index is 0.437. The second-order valence-electron chi connectivity index (χ2n) is 3.19. The third-order valence-electron chi connectivity index (χ3n) is 2.00. The van der Waals surface area contributed by atoms with Crippen LogP contribution >= 0.6 is 0 Å². The van der Waals surface area contributed by atoms with Crippen LogP contribution < -0.4 is 5.32 Å². The van der Waals surface area contributed by atoms with Crippen LogP contribution in [0.5, 0.6) is 0 Å². The van der Waals surface area contributed by atoms with Crippen LogP contribution in [0, 0.1) is 0 Å². The molecule has 0 aliphatic carbocycles. The van der Waals surface area contributed by atoms with Gasteiger partial charge in [-0.15, -0.1) is 0 Å². The van der Waals surface area contributed by atoms with E-state index in [1.807, 2.05) is 0 Å². The van der Waals surface area contributed by atoms with Gasteiger partial charge in [0.15, 0.2) is 0 Å². The third kappa shape index (κ3) is 2.60. The summed E-state index contributed by atoms with van der Waals surface area (Å²) in [5.74, 6) is 1.52. The van der Waals surface area contributed by atoms with Crippen molar-refractivity contribution in [3.8, 4) is 11.6 Å². The molecule has 16 heavy (non-hydrogen) atoms. The van der Waals surface area contributed by atoms with E-state index >= 15 is 0 Å². The van der Waals surface area contributed by atoms with E-state index in [0.29, 0.717) is 24.0 Å². The van der Waals surface area contributed by atoms with Gasteiger partial charge >= 0.3 is 0 Å². The first-order valence-electron chi connectivity index (χ1n) is 5.21. The van der Waals surface area contributed by atoms with Gasteiger partial charge in [0.25, 0.3) is 0 Å². The van der Waals surface area contributed by atoms with E-state index in [0.717, 1.165) is 13.1 Å². The fraction of sp³-hybridized carbons (Fsp3) is 0.400. The lowest BCUT2D eigenvalue weighted by atomic mass is 10.4. The molecule has 2 heterocycles. The number of likely N-dealkylation sites (N-methyl/N-ethyl adjacent to an activating group) is 1. The van der Waals surface area contributed by atoms with Gasteiger partial charge in [-0.1, -0.05) is 12.1 Å². The van der Waals surface area contributed by atoms with Gasteiger partial charge in [-0.3, -0.25) is 0 Å². The van der Waals surface area contributed by atoms with E-state index in [4.69, 9.17) is 4.52 Å². The second kappa shape index (κ2) is 5.32. The molecule has 0 aliphatic rings. The van der Waals surface area contributed by atoms with Gasteiger partial charge in [-0.25, -0.2) is 9.97 Å². The van der Waals surface area contributed by atoms with Crippen LogP contribution in [-0.2, 0) is 6.42 Å². The number of aromatic nitrogens is 4. The van der Waals surface area contributed by atoms with E-state index in [-0.39, 0.29) is 0 Å². The maximum atomic E-state index is 5.08. The van der Waals surface area contributed by atoms with Crippen molar-refractivity contribution in [2.45, 2.75) is 13.3 Å². The molecule has 0 spiro atoms. The lowest BCUT2D eigenvalue weighted by molar-refractivity contribution is 0.376. The van der Waals surface area contributed by atoms with E-state index < -0.39 is 0 Å². The lowest BCUT2D eigenvalue weighted by Crippen LogP contribution is -2.16. The van der Waals surface area contributed by atoms with Gasteiger partial charge in [0.1, 0.15) is 0 Å². The van der Waals surface area contributed by atoms with Crippen LogP contribution in [0.2, 0.25) is 0 Å². The van der Waals surface area contributed by atoms with E-state index in [1.165, 1.54) is 0 Å². The minimum atomic E-state index is 0.437.